The Labute approximate surface area is 117 Å². The standard InChI is InChI=1S/C13H18ClN3O2/c14-12-4-3-11(13(9-12)17(18)19)10-15-5-8-16-6-1-2-7-16/h3-4,9,15H,1-2,5-8,10H2. The Morgan fingerprint density at radius 3 is 2.79 bits per heavy atom. The van der Waals surface area contributed by atoms with Crippen LogP contribution in [0.5, 0.6) is 0 Å². The minimum absolute atomic E-state index is 0.0844. The Morgan fingerprint density at radius 2 is 2.11 bits per heavy atom. The summed E-state index contributed by atoms with van der Waals surface area (Å²) in [5.41, 5.74) is 0.761. The zero-order valence-corrected chi connectivity index (χ0v) is 11.5. The molecule has 1 aromatic carbocycles. The molecule has 0 unspecified atom stereocenters. The highest BCUT2D eigenvalue weighted by molar-refractivity contribution is 6.30. The molecular weight excluding hydrogens is 266 g/mol. The van der Waals surface area contributed by atoms with E-state index in [0.29, 0.717) is 17.1 Å². The van der Waals surface area contributed by atoms with E-state index < -0.39 is 0 Å². The third-order valence-electron chi connectivity index (χ3n) is 3.36. The summed E-state index contributed by atoms with van der Waals surface area (Å²) in [7, 11) is 0. The van der Waals surface area contributed by atoms with E-state index in [0.717, 1.165) is 13.1 Å². The number of benzene rings is 1. The molecule has 104 valence electrons. The Balaban J connectivity index is 1.83. The summed E-state index contributed by atoms with van der Waals surface area (Å²) in [5, 5.41) is 14.6. The van der Waals surface area contributed by atoms with Crippen molar-refractivity contribution in [2.24, 2.45) is 0 Å². The van der Waals surface area contributed by atoms with Crippen molar-refractivity contribution in [2.45, 2.75) is 19.4 Å². The number of nitro groups is 1. The van der Waals surface area contributed by atoms with Gasteiger partial charge in [0.05, 0.1) is 4.92 Å². The van der Waals surface area contributed by atoms with E-state index in [1.807, 2.05) is 0 Å². The quantitative estimate of drug-likeness (QED) is 0.495. The fourth-order valence-electron chi connectivity index (χ4n) is 2.32. The van der Waals surface area contributed by atoms with E-state index in [1.165, 1.54) is 32.0 Å². The summed E-state index contributed by atoms with van der Waals surface area (Å²) in [4.78, 5) is 12.9. The zero-order valence-electron chi connectivity index (χ0n) is 10.8. The van der Waals surface area contributed by atoms with Gasteiger partial charge < -0.3 is 10.2 Å². The van der Waals surface area contributed by atoms with E-state index >= 15 is 0 Å². The molecule has 0 amide bonds. The minimum atomic E-state index is -0.386. The molecule has 0 radical (unpaired) electrons. The van der Waals surface area contributed by atoms with Gasteiger partial charge in [-0.3, -0.25) is 10.1 Å². The van der Waals surface area contributed by atoms with E-state index in [2.05, 4.69) is 10.2 Å². The number of nitro benzene ring substituents is 1. The topological polar surface area (TPSA) is 58.4 Å². The molecule has 1 aliphatic rings. The Bertz CT molecular complexity index is 448. The van der Waals surface area contributed by atoms with Crippen molar-refractivity contribution in [3.8, 4) is 0 Å². The number of nitrogens with zero attached hydrogens (tertiary/aromatic N) is 2. The second kappa shape index (κ2) is 6.84. The predicted octanol–water partition coefficient (Wildman–Crippen LogP) is 2.43. The predicted molar refractivity (Wildman–Crippen MR) is 75.5 cm³/mol. The van der Waals surface area contributed by atoms with Gasteiger partial charge in [0.2, 0.25) is 0 Å². The average molecular weight is 284 g/mol. The molecular formula is C13H18ClN3O2. The summed E-state index contributed by atoms with van der Waals surface area (Å²) in [5.74, 6) is 0. The molecule has 1 N–H and O–H groups in total. The van der Waals surface area contributed by atoms with Gasteiger partial charge in [0, 0.05) is 36.3 Å². The van der Waals surface area contributed by atoms with E-state index in [1.54, 1.807) is 12.1 Å². The fourth-order valence-corrected chi connectivity index (χ4v) is 2.49. The van der Waals surface area contributed by atoms with Crippen LogP contribution in [0.25, 0.3) is 0 Å². The number of hydrogen-bond acceptors (Lipinski definition) is 4. The first-order valence-electron chi connectivity index (χ1n) is 6.53. The van der Waals surface area contributed by atoms with Crippen LogP contribution in [0.3, 0.4) is 0 Å². The van der Waals surface area contributed by atoms with Crippen molar-refractivity contribution in [3.63, 3.8) is 0 Å². The number of halogens is 1. The molecule has 6 heteroatoms. The van der Waals surface area contributed by atoms with Gasteiger partial charge >= 0.3 is 0 Å². The molecule has 1 saturated heterocycles. The third-order valence-corrected chi connectivity index (χ3v) is 3.60. The lowest BCUT2D eigenvalue weighted by Gasteiger charge is -2.14. The highest BCUT2D eigenvalue weighted by Crippen LogP contribution is 2.22. The summed E-state index contributed by atoms with van der Waals surface area (Å²) in [6.45, 7) is 4.69. The normalized spacial score (nSPS) is 15.8. The smallest absolute Gasteiger partial charge is 0.275 e. The van der Waals surface area contributed by atoms with Crippen molar-refractivity contribution in [1.29, 1.82) is 0 Å². The van der Waals surface area contributed by atoms with Crippen LogP contribution < -0.4 is 5.32 Å². The van der Waals surface area contributed by atoms with Crippen LogP contribution in [-0.2, 0) is 6.54 Å². The molecule has 1 fully saturated rings. The zero-order chi connectivity index (χ0) is 13.7. The second-order valence-electron chi connectivity index (χ2n) is 4.76. The van der Waals surface area contributed by atoms with Gasteiger partial charge in [-0.1, -0.05) is 11.6 Å². The van der Waals surface area contributed by atoms with Crippen molar-refractivity contribution < 1.29 is 4.92 Å². The Hall–Kier alpha value is -1.17. The molecule has 19 heavy (non-hydrogen) atoms. The van der Waals surface area contributed by atoms with E-state index in [9.17, 15) is 10.1 Å². The Kier molecular flexibility index (Phi) is 5.13. The van der Waals surface area contributed by atoms with Crippen molar-refractivity contribution in [1.82, 2.24) is 10.2 Å². The van der Waals surface area contributed by atoms with Crippen LogP contribution in [0, 0.1) is 10.1 Å². The molecule has 0 aromatic heterocycles. The lowest BCUT2D eigenvalue weighted by molar-refractivity contribution is -0.385. The van der Waals surface area contributed by atoms with E-state index in [-0.39, 0.29) is 10.6 Å². The molecule has 5 nitrogen and oxygen atoms in total. The van der Waals surface area contributed by atoms with Crippen LogP contribution >= 0.6 is 11.6 Å². The minimum Gasteiger partial charge on any atom is -0.311 e. The second-order valence-corrected chi connectivity index (χ2v) is 5.19. The average Bonchev–Trinajstić information content (AvgIpc) is 2.89. The fraction of sp³-hybridized carbons (Fsp3) is 0.538. The maximum atomic E-state index is 10.9. The van der Waals surface area contributed by atoms with Crippen LogP contribution in [-0.4, -0.2) is 36.0 Å². The number of rotatable bonds is 6. The maximum Gasteiger partial charge on any atom is 0.275 e. The molecule has 0 atom stereocenters. The Morgan fingerprint density at radius 1 is 1.37 bits per heavy atom. The summed E-state index contributed by atoms with van der Waals surface area (Å²) in [6, 6.07) is 4.80. The largest absolute Gasteiger partial charge is 0.311 e. The molecule has 1 heterocycles. The first-order valence-corrected chi connectivity index (χ1v) is 6.90. The van der Waals surface area contributed by atoms with Gasteiger partial charge in [0.15, 0.2) is 0 Å². The SMILES string of the molecule is O=[N+]([O-])c1cc(Cl)ccc1CNCCN1CCCC1. The van der Waals surface area contributed by atoms with Crippen molar-refractivity contribution >= 4 is 17.3 Å². The molecule has 0 spiro atoms. The lowest BCUT2D eigenvalue weighted by Crippen LogP contribution is -2.29. The van der Waals surface area contributed by atoms with Crippen LogP contribution in [0.15, 0.2) is 18.2 Å². The third kappa shape index (κ3) is 4.16. The number of likely N-dealkylation sites (tertiary alicyclic amines) is 1. The molecule has 1 aromatic rings. The molecule has 0 saturated carbocycles. The number of nitrogens with one attached hydrogen (secondary N) is 1. The summed E-state index contributed by atoms with van der Waals surface area (Å²) < 4.78 is 0. The van der Waals surface area contributed by atoms with Gasteiger partial charge in [0.25, 0.3) is 5.69 Å². The molecule has 2 rings (SSSR count). The van der Waals surface area contributed by atoms with Gasteiger partial charge in [-0.05, 0) is 38.1 Å². The maximum absolute atomic E-state index is 10.9. The molecule has 0 aliphatic carbocycles. The molecule has 1 aliphatic heterocycles. The first kappa shape index (κ1) is 14.2. The highest BCUT2D eigenvalue weighted by Gasteiger charge is 2.14. The monoisotopic (exact) mass is 283 g/mol. The summed E-state index contributed by atoms with van der Waals surface area (Å²) >= 11 is 5.78. The van der Waals surface area contributed by atoms with Crippen molar-refractivity contribution in [3.05, 3.63) is 38.9 Å². The summed E-state index contributed by atoms with van der Waals surface area (Å²) in [6.07, 6.45) is 2.56. The first-order chi connectivity index (χ1) is 9.16. The molecule has 0 bridgehead atoms. The van der Waals surface area contributed by atoms with Crippen LogP contribution in [0.1, 0.15) is 18.4 Å². The van der Waals surface area contributed by atoms with Gasteiger partial charge in [-0.15, -0.1) is 0 Å². The van der Waals surface area contributed by atoms with E-state index in [4.69, 9.17) is 11.6 Å². The van der Waals surface area contributed by atoms with Gasteiger partial charge in [0.1, 0.15) is 0 Å². The highest BCUT2D eigenvalue weighted by atomic mass is 35.5. The van der Waals surface area contributed by atoms with Gasteiger partial charge in [-0.25, -0.2) is 0 Å². The number of hydrogen-bond donors (Lipinski definition) is 1. The van der Waals surface area contributed by atoms with Crippen LogP contribution in [0.2, 0.25) is 5.02 Å². The van der Waals surface area contributed by atoms with Gasteiger partial charge in [-0.2, -0.15) is 0 Å². The van der Waals surface area contributed by atoms with Crippen LogP contribution in [0.4, 0.5) is 5.69 Å². The van der Waals surface area contributed by atoms with Crippen molar-refractivity contribution in [2.75, 3.05) is 26.2 Å². The lowest BCUT2D eigenvalue weighted by atomic mass is 10.2.